The first-order chi connectivity index (χ1) is 10.6. The monoisotopic (exact) mass is 312 g/mol. The van der Waals surface area contributed by atoms with Gasteiger partial charge < -0.3 is 9.64 Å². The molecule has 3 rings (SSSR count). The van der Waals surface area contributed by atoms with E-state index in [0.717, 1.165) is 5.56 Å². The molecule has 0 aromatic heterocycles. The highest BCUT2D eigenvalue weighted by molar-refractivity contribution is 6.30. The van der Waals surface area contributed by atoms with Crippen LogP contribution in [0.1, 0.15) is 18.1 Å². The molecule has 1 aliphatic heterocycles. The first-order valence-corrected chi connectivity index (χ1v) is 7.23. The Morgan fingerprint density at radius 3 is 2.91 bits per heavy atom. The molecule has 0 radical (unpaired) electrons. The molecule has 1 aliphatic rings. The summed E-state index contributed by atoms with van der Waals surface area (Å²) in [5.41, 5.74) is 2.02. The number of nitriles is 1. The summed E-state index contributed by atoms with van der Waals surface area (Å²) < 4.78 is 5.72. The molecule has 0 spiro atoms. The number of hydrogen-bond acceptors (Lipinski definition) is 3. The molecular weight excluding hydrogens is 300 g/mol. The number of rotatable bonds is 1. The van der Waals surface area contributed by atoms with Gasteiger partial charge in [-0.2, -0.15) is 5.26 Å². The molecule has 1 heterocycles. The van der Waals surface area contributed by atoms with Crippen molar-refractivity contribution in [2.45, 2.75) is 19.6 Å². The van der Waals surface area contributed by atoms with Crippen molar-refractivity contribution in [2.24, 2.45) is 0 Å². The van der Waals surface area contributed by atoms with Crippen molar-refractivity contribution in [2.75, 3.05) is 4.90 Å². The van der Waals surface area contributed by atoms with E-state index in [0.29, 0.717) is 28.6 Å². The number of hydrogen-bond donors (Lipinski definition) is 0. The third kappa shape index (κ3) is 2.63. The largest absolute Gasteiger partial charge is 0.481 e. The zero-order valence-electron chi connectivity index (χ0n) is 11.9. The van der Waals surface area contributed by atoms with Gasteiger partial charge in [-0.25, -0.2) is 0 Å². The van der Waals surface area contributed by atoms with Crippen molar-refractivity contribution in [3.63, 3.8) is 0 Å². The average Bonchev–Trinajstić information content (AvgIpc) is 2.65. The van der Waals surface area contributed by atoms with Gasteiger partial charge in [-0.3, -0.25) is 4.79 Å². The van der Waals surface area contributed by atoms with Crippen molar-refractivity contribution in [1.82, 2.24) is 0 Å². The van der Waals surface area contributed by atoms with E-state index in [2.05, 4.69) is 6.07 Å². The molecule has 0 saturated heterocycles. The Morgan fingerprint density at radius 1 is 1.32 bits per heavy atom. The van der Waals surface area contributed by atoms with Crippen LogP contribution in [0.5, 0.6) is 5.75 Å². The highest BCUT2D eigenvalue weighted by Gasteiger charge is 2.29. The van der Waals surface area contributed by atoms with Crippen LogP contribution in [0.25, 0.3) is 0 Å². The summed E-state index contributed by atoms with van der Waals surface area (Å²) >= 11 is 6.04. The molecule has 5 heteroatoms. The quantitative estimate of drug-likeness (QED) is 0.809. The number of halogens is 1. The summed E-state index contributed by atoms with van der Waals surface area (Å²) in [6, 6.07) is 14.4. The predicted molar refractivity (Wildman–Crippen MR) is 83.9 cm³/mol. The van der Waals surface area contributed by atoms with Gasteiger partial charge in [-0.15, -0.1) is 0 Å². The number of carbonyl (C=O) groups is 1. The number of amides is 1. The maximum absolute atomic E-state index is 12.6. The van der Waals surface area contributed by atoms with Gasteiger partial charge in [0.1, 0.15) is 5.75 Å². The number of fused-ring (bicyclic) bond motifs is 1. The number of benzene rings is 2. The van der Waals surface area contributed by atoms with Crippen LogP contribution in [0.3, 0.4) is 0 Å². The first-order valence-electron chi connectivity index (χ1n) is 6.85. The minimum absolute atomic E-state index is 0.151. The van der Waals surface area contributed by atoms with Crippen LogP contribution in [-0.4, -0.2) is 12.0 Å². The first kappa shape index (κ1) is 14.4. The molecule has 4 nitrogen and oxygen atoms in total. The van der Waals surface area contributed by atoms with Crippen molar-refractivity contribution in [3.05, 3.63) is 58.6 Å². The Hall–Kier alpha value is -2.51. The van der Waals surface area contributed by atoms with E-state index in [1.165, 1.54) is 0 Å². The van der Waals surface area contributed by atoms with E-state index in [-0.39, 0.29) is 5.91 Å². The summed E-state index contributed by atoms with van der Waals surface area (Å²) in [7, 11) is 0. The van der Waals surface area contributed by atoms with E-state index >= 15 is 0 Å². The maximum atomic E-state index is 12.6. The van der Waals surface area contributed by atoms with E-state index in [1.54, 1.807) is 54.3 Å². The Kier molecular flexibility index (Phi) is 3.74. The topological polar surface area (TPSA) is 53.3 Å². The van der Waals surface area contributed by atoms with Gasteiger partial charge in [0.15, 0.2) is 6.10 Å². The molecule has 1 atom stereocenters. The second kappa shape index (κ2) is 5.70. The van der Waals surface area contributed by atoms with Crippen LogP contribution in [0.4, 0.5) is 5.69 Å². The molecule has 1 unspecified atom stereocenters. The fraction of sp³-hybridized carbons (Fsp3) is 0.176. The molecule has 22 heavy (non-hydrogen) atoms. The molecule has 0 bridgehead atoms. The number of anilines is 1. The minimum atomic E-state index is -0.604. The Balaban J connectivity index is 2.06. The standard InChI is InChI=1S/C17H13ClN2O2/c1-11-17(21)20(15-4-2-3-12(7-15)9-19)10-13-8-14(18)5-6-16(13)22-11/h2-8,11H,10H2,1H3. The van der Waals surface area contributed by atoms with Gasteiger partial charge in [0.05, 0.1) is 18.2 Å². The number of carbonyl (C=O) groups excluding carboxylic acids is 1. The third-order valence-corrected chi connectivity index (χ3v) is 3.79. The van der Waals surface area contributed by atoms with E-state index in [9.17, 15) is 4.79 Å². The van der Waals surface area contributed by atoms with Gasteiger partial charge in [0.25, 0.3) is 5.91 Å². The molecule has 0 fully saturated rings. The van der Waals surface area contributed by atoms with Gasteiger partial charge >= 0.3 is 0 Å². The molecular formula is C17H13ClN2O2. The zero-order valence-corrected chi connectivity index (χ0v) is 12.7. The zero-order chi connectivity index (χ0) is 15.7. The lowest BCUT2D eigenvalue weighted by Gasteiger charge is -2.22. The third-order valence-electron chi connectivity index (χ3n) is 3.56. The number of nitrogens with zero attached hydrogens (tertiary/aromatic N) is 2. The van der Waals surface area contributed by atoms with Gasteiger partial charge in [-0.05, 0) is 43.3 Å². The summed E-state index contributed by atoms with van der Waals surface area (Å²) in [4.78, 5) is 14.2. The molecule has 2 aromatic carbocycles. The fourth-order valence-corrected chi connectivity index (χ4v) is 2.65. The Bertz CT molecular complexity index is 782. The summed E-state index contributed by atoms with van der Waals surface area (Å²) in [5, 5.41) is 9.63. The van der Waals surface area contributed by atoms with Gasteiger partial charge in [-0.1, -0.05) is 17.7 Å². The van der Waals surface area contributed by atoms with Crippen molar-refractivity contribution >= 4 is 23.2 Å². The van der Waals surface area contributed by atoms with Crippen LogP contribution in [-0.2, 0) is 11.3 Å². The van der Waals surface area contributed by atoms with Crippen LogP contribution < -0.4 is 9.64 Å². The average molecular weight is 313 g/mol. The molecule has 0 aliphatic carbocycles. The summed E-state index contributed by atoms with van der Waals surface area (Å²) in [6.07, 6.45) is -0.604. The lowest BCUT2D eigenvalue weighted by molar-refractivity contribution is -0.124. The smallest absolute Gasteiger partial charge is 0.268 e. The van der Waals surface area contributed by atoms with Crippen LogP contribution in [0, 0.1) is 11.3 Å². The maximum Gasteiger partial charge on any atom is 0.268 e. The molecule has 0 N–H and O–H groups in total. The van der Waals surface area contributed by atoms with Gasteiger partial charge in [0, 0.05) is 16.3 Å². The molecule has 1 amide bonds. The SMILES string of the molecule is CC1Oc2ccc(Cl)cc2CN(c2cccc(C#N)c2)C1=O. The lowest BCUT2D eigenvalue weighted by atomic mass is 10.1. The lowest BCUT2D eigenvalue weighted by Crippen LogP contribution is -2.38. The van der Waals surface area contributed by atoms with Crippen LogP contribution >= 0.6 is 11.6 Å². The van der Waals surface area contributed by atoms with Crippen molar-refractivity contribution in [1.29, 1.82) is 5.26 Å². The Morgan fingerprint density at radius 2 is 2.14 bits per heavy atom. The highest BCUT2D eigenvalue weighted by Crippen LogP contribution is 2.31. The van der Waals surface area contributed by atoms with E-state index in [4.69, 9.17) is 21.6 Å². The second-order valence-corrected chi connectivity index (χ2v) is 5.54. The Labute approximate surface area is 133 Å². The predicted octanol–water partition coefficient (Wildman–Crippen LogP) is 3.53. The van der Waals surface area contributed by atoms with E-state index in [1.807, 2.05) is 0 Å². The minimum Gasteiger partial charge on any atom is -0.481 e. The van der Waals surface area contributed by atoms with Crippen LogP contribution in [0.15, 0.2) is 42.5 Å². The summed E-state index contributed by atoms with van der Waals surface area (Å²) in [5.74, 6) is 0.506. The summed E-state index contributed by atoms with van der Waals surface area (Å²) in [6.45, 7) is 2.07. The van der Waals surface area contributed by atoms with Crippen LogP contribution in [0.2, 0.25) is 5.02 Å². The van der Waals surface area contributed by atoms with Crippen molar-refractivity contribution in [3.8, 4) is 11.8 Å². The fourth-order valence-electron chi connectivity index (χ4n) is 2.46. The normalized spacial score (nSPS) is 17.2. The molecule has 2 aromatic rings. The van der Waals surface area contributed by atoms with Gasteiger partial charge in [0.2, 0.25) is 0 Å². The highest BCUT2D eigenvalue weighted by atomic mass is 35.5. The van der Waals surface area contributed by atoms with Crippen molar-refractivity contribution < 1.29 is 9.53 Å². The molecule has 110 valence electrons. The number of ether oxygens (including phenoxy) is 1. The van der Waals surface area contributed by atoms with E-state index < -0.39 is 6.10 Å². The second-order valence-electron chi connectivity index (χ2n) is 5.10. The molecule has 0 saturated carbocycles.